The molecule has 0 saturated heterocycles. The SMILES string of the molecule is Cc1cc(CNC(C)c2cccc(O)c2)on1. The number of phenolic OH excluding ortho intramolecular Hbond substituents is 1. The molecule has 2 N–H and O–H groups in total. The molecule has 17 heavy (non-hydrogen) atoms. The van der Waals surface area contributed by atoms with Gasteiger partial charge in [0.05, 0.1) is 12.2 Å². The Morgan fingerprint density at radius 2 is 2.24 bits per heavy atom. The van der Waals surface area contributed by atoms with Gasteiger partial charge < -0.3 is 14.9 Å². The fourth-order valence-electron chi connectivity index (χ4n) is 1.67. The summed E-state index contributed by atoms with van der Waals surface area (Å²) in [7, 11) is 0. The second-order valence-corrected chi connectivity index (χ2v) is 4.13. The summed E-state index contributed by atoms with van der Waals surface area (Å²) >= 11 is 0. The third-order valence-corrected chi connectivity index (χ3v) is 2.63. The molecular weight excluding hydrogens is 216 g/mol. The zero-order valence-corrected chi connectivity index (χ0v) is 9.97. The van der Waals surface area contributed by atoms with E-state index in [4.69, 9.17) is 4.52 Å². The fraction of sp³-hybridized carbons (Fsp3) is 0.308. The molecule has 0 aliphatic heterocycles. The molecule has 4 nitrogen and oxygen atoms in total. The van der Waals surface area contributed by atoms with Crippen molar-refractivity contribution in [1.29, 1.82) is 0 Å². The van der Waals surface area contributed by atoms with Crippen LogP contribution in [0.2, 0.25) is 0 Å². The highest BCUT2D eigenvalue weighted by molar-refractivity contribution is 5.29. The third-order valence-electron chi connectivity index (χ3n) is 2.63. The maximum absolute atomic E-state index is 9.39. The van der Waals surface area contributed by atoms with Crippen LogP contribution in [0.4, 0.5) is 0 Å². The molecule has 1 aromatic heterocycles. The highest BCUT2D eigenvalue weighted by atomic mass is 16.5. The molecule has 0 aliphatic rings. The van der Waals surface area contributed by atoms with Crippen LogP contribution in [0.15, 0.2) is 34.9 Å². The lowest BCUT2D eigenvalue weighted by molar-refractivity contribution is 0.363. The van der Waals surface area contributed by atoms with Gasteiger partial charge in [-0.3, -0.25) is 0 Å². The number of benzene rings is 1. The van der Waals surface area contributed by atoms with Crippen LogP contribution in [0.25, 0.3) is 0 Å². The van der Waals surface area contributed by atoms with Crippen molar-refractivity contribution < 1.29 is 9.63 Å². The normalized spacial score (nSPS) is 12.6. The molecule has 90 valence electrons. The summed E-state index contributed by atoms with van der Waals surface area (Å²) in [6.07, 6.45) is 0. The number of nitrogens with one attached hydrogen (secondary N) is 1. The van der Waals surface area contributed by atoms with E-state index in [2.05, 4.69) is 10.5 Å². The molecule has 4 heteroatoms. The van der Waals surface area contributed by atoms with E-state index in [1.54, 1.807) is 12.1 Å². The minimum absolute atomic E-state index is 0.146. The number of aromatic hydroxyl groups is 1. The van der Waals surface area contributed by atoms with E-state index in [1.165, 1.54) is 0 Å². The molecule has 0 radical (unpaired) electrons. The fourth-order valence-corrected chi connectivity index (χ4v) is 1.67. The topological polar surface area (TPSA) is 58.3 Å². The summed E-state index contributed by atoms with van der Waals surface area (Å²) in [6, 6.07) is 9.28. The van der Waals surface area contributed by atoms with Crippen molar-refractivity contribution in [3.8, 4) is 5.75 Å². The average Bonchev–Trinajstić information content (AvgIpc) is 2.72. The lowest BCUT2D eigenvalue weighted by atomic mass is 10.1. The molecule has 0 saturated carbocycles. The standard InChI is InChI=1S/C13H16N2O2/c1-9-6-13(17-15-9)8-14-10(2)11-4-3-5-12(16)7-11/h3-7,10,14,16H,8H2,1-2H3. The van der Waals surface area contributed by atoms with Gasteiger partial charge in [0.25, 0.3) is 0 Å². The highest BCUT2D eigenvalue weighted by Gasteiger charge is 2.07. The van der Waals surface area contributed by atoms with E-state index in [-0.39, 0.29) is 11.8 Å². The largest absolute Gasteiger partial charge is 0.508 e. The number of aryl methyl sites for hydroxylation is 1. The van der Waals surface area contributed by atoms with E-state index < -0.39 is 0 Å². The van der Waals surface area contributed by atoms with Crippen LogP contribution in [-0.4, -0.2) is 10.3 Å². The van der Waals surface area contributed by atoms with Crippen LogP contribution in [0, 0.1) is 6.92 Å². The Labute approximate surface area is 100 Å². The van der Waals surface area contributed by atoms with E-state index in [1.807, 2.05) is 32.0 Å². The first-order valence-corrected chi connectivity index (χ1v) is 5.59. The van der Waals surface area contributed by atoms with E-state index in [0.717, 1.165) is 17.0 Å². The van der Waals surface area contributed by atoms with Crippen molar-refractivity contribution in [3.63, 3.8) is 0 Å². The quantitative estimate of drug-likeness (QED) is 0.850. The van der Waals surface area contributed by atoms with Gasteiger partial charge in [-0.2, -0.15) is 0 Å². The summed E-state index contributed by atoms with van der Waals surface area (Å²) in [5, 5.41) is 16.5. The van der Waals surface area contributed by atoms with Gasteiger partial charge in [0.15, 0.2) is 5.76 Å². The smallest absolute Gasteiger partial charge is 0.150 e. The molecule has 1 atom stereocenters. The summed E-state index contributed by atoms with van der Waals surface area (Å²) < 4.78 is 5.11. The summed E-state index contributed by atoms with van der Waals surface area (Å²) in [6.45, 7) is 4.56. The van der Waals surface area contributed by atoms with Crippen molar-refractivity contribution in [2.75, 3.05) is 0 Å². The number of nitrogens with zero attached hydrogens (tertiary/aromatic N) is 1. The van der Waals surface area contributed by atoms with Crippen LogP contribution in [-0.2, 0) is 6.54 Å². The molecule has 1 aromatic carbocycles. The number of hydrogen-bond donors (Lipinski definition) is 2. The minimum Gasteiger partial charge on any atom is -0.508 e. The van der Waals surface area contributed by atoms with Gasteiger partial charge in [0, 0.05) is 12.1 Å². The van der Waals surface area contributed by atoms with Gasteiger partial charge in [-0.1, -0.05) is 17.3 Å². The Bertz CT molecular complexity index is 494. The summed E-state index contributed by atoms with van der Waals surface area (Å²) in [5.41, 5.74) is 1.92. The van der Waals surface area contributed by atoms with E-state index in [9.17, 15) is 5.11 Å². The number of aromatic nitrogens is 1. The highest BCUT2D eigenvalue weighted by Crippen LogP contribution is 2.18. The predicted molar refractivity (Wildman–Crippen MR) is 64.6 cm³/mol. The molecule has 2 rings (SSSR count). The third kappa shape index (κ3) is 3.07. The van der Waals surface area contributed by atoms with Gasteiger partial charge in [-0.15, -0.1) is 0 Å². The summed E-state index contributed by atoms with van der Waals surface area (Å²) in [4.78, 5) is 0. The van der Waals surface area contributed by atoms with E-state index in [0.29, 0.717) is 6.54 Å². The van der Waals surface area contributed by atoms with Crippen molar-refractivity contribution in [2.45, 2.75) is 26.4 Å². The molecule has 0 fully saturated rings. The van der Waals surface area contributed by atoms with Crippen LogP contribution in [0.3, 0.4) is 0 Å². The molecule has 0 aliphatic carbocycles. The number of hydrogen-bond acceptors (Lipinski definition) is 4. The van der Waals surface area contributed by atoms with E-state index >= 15 is 0 Å². The van der Waals surface area contributed by atoms with Gasteiger partial charge >= 0.3 is 0 Å². The first kappa shape index (κ1) is 11.7. The van der Waals surface area contributed by atoms with Crippen LogP contribution in [0.1, 0.15) is 30.0 Å². The second kappa shape index (κ2) is 5.01. The van der Waals surface area contributed by atoms with Crippen LogP contribution < -0.4 is 5.32 Å². The van der Waals surface area contributed by atoms with Gasteiger partial charge in [0.1, 0.15) is 5.75 Å². The number of rotatable bonds is 4. The zero-order valence-electron chi connectivity index (χ0n) is 9.97. The van der Waals surface area contributed by atoms with Gasteiger partial charge in [0.2, 0.25) is 0 Å². The monoisotopic (exact) mass is 232 g/mol. The van der Waals surface area contributed by atoms with Crippen molar-refractivity contribution >= 4 is 0 Å². The summed E-state index contributed by atoms with van der Waals surface area (Å²) in [5.74, 6) is 1.10. The zero-order chi connectivity index (χ0) is 12.3. The number of phenols is 1. The Morgan fingerprint density at radius 1 is 1.41 bits per heavy atom. The maximum atomic E-state index is 9.39. The van der Waals surface area contributed by atoms with Crippen LogP contribution in [0.5, 0.6) is 5.75 Å². The van der Waals surface area contributed by atoms with Crippen LogP contribution >= 0.6 is 0 Å². The predicted octanol–water partition coefficient (Wildman–Crippen LogP) is 2.54. The lowest BCUT2D eigenvalue weighted by Crippen LogP contribution is -2.17. The molecule has 2 aromatic rings. The first-order chi connectivity index (χ1) is 8.15. The molecule has 0 bridgehead atoms. The first-order valence-electron chi connectivity index (χ1n) is 5.59. The average molecular weight is 232 g/mol. The van der Waals surface area contributed by atoms with Gasteiger partial charge in [-0.05, 0) is 31.5 Å². The molecule has 1 heterocycles. The Balaban J connectivity index is 1.95. The van der Waals surface area contributed by atoms with Crippen molar-refractivity contribution in [1.82, 2.24) is 10.5 Å². The second-order valence-electron chi connectivity index (χ2n) is 4.13. The molecule has 1 unspecified atom stereocenters. The molecule has 0 spiro atoms. The maximum Gasteiger partial charge on any atom is 0.150 e. The Hall–Kier alpha value is -1.81. The molecular formula is C13H16N2O2. The minimum atomic E-state index is 0.146. The Morgan fingerprint density at radius 3 is 2.88 bits per heavy atom. The lowest BCUT2D eigenvalue weighted by Gasteiger charge is -2.13. The Kier molecular flexibility index (Phi) is 3.44. The van der Waals surface area contributed by atoms with Gasteiger partial charge in [-0.25, -0.2) is 0 Å². The van der Waals surface area contributed by atoms with Crippen molar-refractivity contribution in [3.05, 3.63) is 47.3 Å². The van der Waals surface area contributed by atoms with Crippen molar-refractivity contribution in [2.24, 2.45) is 0 Å². The molecule has 0 amide bonds.